The van der Waals surface area contributed by atoms with Crippen LogP contribution in [0.15, 0.2) is 24.4 Å². The molecule has 2 aliphatic rings. The normalized spacial score (nSPS) is 24.2. The molecule has 1 aliphatic carbocycles. The van der Waals surface area contributed by atoms with Gasteiger partial charge in [-0.3, -0.25) is 9.78 Å². The fraction of sp³-hybridized carbons (Fsp3) is 0.500. The van der Waals surface area contributed by atoms with E-state index in [-0.39, 0.29) is 29.4 Å². The predicted molar refractivity (Wildman–Crippen MR) is 101 cm³/mol. The quantitative estimate of drug-likeness (QED) is 0.799. The van der Waals surface area contributed by atoms with Gasteiger partial charge >= 0.3 is 0 Å². The largest absolute Gasteiger partial charge is 0.341 e. The molecule has 1 saturated heterocycles. The Labute approximate surface area is 157 Å². The van der Waals surface area contributed by atoms with Crippen LogP contribution in [0.1, 0.15) is 23.4 Å². The highest BCUT2D eigenvalue weighted by molar-refractivity contribution is 7.91. The van der Waals surface area contributed by atoms with Crippen molar-refractivity contribution >= 4 is 27.1 Å². The molecule has 8 heteroatoms. The molecule has 2 aromatic heterocycles. The van der Waals surface area contributed by atoms with Gasteiger partial charge in [0.25, 0.3) is 0 Å². The van der Waals surface area contributed by atoms with Gasteiger partial charge in [0, 0.05) is 30.1 Å². The van der Waals surface area contributed by atoms with Crippen LogP contribution in [0, 0.1) is 5.92 Å². The van der Waals surface area contributed by atoms with Gasteiger partial charge in [0.1, 0.15) is 5.01 Å². The molecule has 3 heterocycles. The van der Waals surface area contributed by atoms with Gasteiger partial charge in [0.15, 0.2) is 9.84 Å². The van der Waals surface area contributed by atoms with Crippen LogP contribution < -0.4 is 0 Å². The molecule has 1 fully saturated rings. The van der Waals surface area contributed by atoms with Crippen LogP contribution in [0.3, 0.4) is 0 Å². The van der Waals surface area contributed by atoms with Gasteiger partial charge in [-0.2, -0.15) is 0 Å². The number of aryl methyl sites for hydroxylation is 1. The van der Waals surface area contributed by atoms with E-state index in [1.807, 2.05) is 18.2 Å². The molecule has 0 radical (unpaired) electrons. The summed E-state index contributed by atoms with van der Waals surface area (Å²) in [5.74, 6) is 0.252. The smallest absolute Gasteiger partial charge is 0.226 e. The summed E-state index contributed by atoms with van der Waals surface area (Å²) in [5.41, 5.74) is 1.94. The van der Waals surface area contributed by atoms with Crippen molar-refractivity contribution in [3.05, 3.63) is 35.0 Å². The molecular weight excluding hydrogens is 370 g/mol. The number of hydrogen-bond acceptors (Lipinski definition) is 6. The Balaban J connectivity index is 1.48. The number of sulfone groups is 1. The Bertz CT molecular complexity index is 924. The number of carbonyl (C=O) groups excluding carboxylic acids is 1. The first kappa shape index (κ1) is 17.6. The lowest BCUT2D eigenvalue weighted by Gasteiger charge is -2.29. The van der Waals surface area contributed by atoms with Gasteiger partial charge in [0.05, 0.1) is 22.9 Å². The molecule has 4 rings (SSSR count). The Kier molecular flexibility index (Phi) is 4.56. The molecule has 6 nitrogen and oxygen atoms in total. The maximum absolute atomic E-state index is 12.9. The number of hydrogen-bond donors (Lipinski definition) is 0. The molecule has 0 N–H and O–H groups in total. The van der Waals surface area contributed by atoms with E-state index < -0.39 is 9.84 Å². The van der Waals surface area contributed by atoms with Crippen LogP contribution in [0.2, 0.25) is 0 Å². The topological polar surface area (TPSA) is 80.2 Å². The molecule has 26 heavy (non-hydrogen) atoms. The summed E-state index contributed by atoms with van der Waals surface area (Å²) in [4.78, 5) is 24.8. The lowest BCUT2D eigenvalue weighted by atomic mass is 9.89. The number of aromatic nitrogens is 2. The second-order valence-corrected chi connectivity index (χ2v) is 10.4. The zero-order valence-corrected chi connectivity index (χ0v) is 16.2. The summed E-state index contributed by atoms with van der Waals surface area (Å²) in [7, 11) is -1.24. The summed E-state index contributed by atoms with van der Waals surface area (Å²) in [6.07, 6.45) is 4.54. The van der Waals surface area contributed by atoms with Crippen molar-refractivity contribution in [1.82, 2.24) is 14.9 Å². The third kappa shape index (κ3) is 3.40. The van der Waals surface area contributed by atoms with Gasteiger partial charge in [-0.15, -0.1) is 11.3 Å². The van der Waals surface area contributed by atoms with Crippen LogP contribution in [0.4, 0.5) is 0 Å². The summed E-state index contributed by atoms with van der Waals surface area (Å²) in [5, 5.41) is 0.902. The second-order valence-electron chi connectivity index (χ2n) is 7.05. The van der Waals surface area contributed by atoms with E-state index in [0.29, 0.717) is 12.8 Å². The summed E-state index contributed by atoms with van der Waals surface area (Å²) in [6.45, 7) is 0. The monoisotopic (exact) mass is 391 g/mol. The van der Waals surface area contributed by atoms with E-state index in [0.717, 1.165) is 34.1 Å². The molecular formula is C18H21N3O3S2. The van der Waals surface area contributed by atoms with Crippen LogP contribution >= 0.6 is 11.3 Å². The zero-order chi connectivity index (χ0) is 18.3. The predicted octanol–water partition coefficient (Wildman–Crippen LogP) is 1.96. The minimum atomic E-state index is -2.99. The van der Waals surface area contributed by atoms with Crippen molar-refractivity contribution in [2.24, 2.45) is 5.92 Å². The summed E-state index contributed by atoms with van der Waals surface area (Å²) < 4.78 is 23.4. The van der Waals surface area contributed by atoms with Crippen molar-refractivity contribution in [1.29, 1.82) is 0 Å². The third-order valence-electron chi connectivity index (χ3n) is 5.28. The van der Waals surface area contributed by atoms with Crippen LogP contribution in [0.25, 0.3) is 10.7 Å². The van der Waals surface area contributed by atoms with Crippen molar-refractivity contribution in [2.45, 2.75) is 31.7 Å². The van der Waals surface area contributed by atoms with E-state index >= 15 is 0 Å². The Hall–Kier alpha value is -1.80. The zero-order valence-electron chi connectivity index (χ0n) is 14.6. The number of rotatable bonds is 3. The molecule has 0 spiro atoms. The highest BCUT2D eigenvalue weighted by Gasteiger charge is 2.36. The Morgan fingerprint density at radius 3 is 2.85 bits per heavy atom. The number of carbonyl (C=O) groups is 1. The van der Waals surface area contributed by atoms with Crippen LogP contribution in [-0.2, 0) is 27.5 Å². The van der Waals surface area contributed by atoms with E-state index in [9.17, 15) is 13.2 Å². The maximum atomic E-state index is 12.9. The van der Waals surface area contributed by atoms with Crippen LogP contribution in [-0.4, -0.2) is 53.8 Å². The van der Waals surface area contributed by atoms with Crippen molar-refractivity contribution in [3.63, 3.8) is 0 Å². The first-order valence-electron chi connectivity index (χ1n) is 8.80. The van der Waals surface area contributed by atoms with Crippen molar-refractivity contribution < 1.29 is 13.2 Å². The SMILES string of the molecule is CN(C(=O)C1CCc2nc(-c3ccccn3)sc2C1)C1CCS(=O)(=O)C1. The van der Waals surface area contributed by atoms with Gasteiger partial charge in [-0.25, -0.2) is 13.4 Å². The Morgan fingerprint density at radius 2 is 2.15 bits per heavy atom. The number of thiazole rings is 1. The lowest BCUT2D eigenvalue weighted by molar-refractivity contribution is -0.136. The summed E-state index contributed by atoms with van der Waals surface area (Å²) in [6, 6.07) is 5.59. The molecule has 1 aliphatic heterocycles. The first-order valence-corrected chi connectivity index (χ1v) is 11.4. The van der Waals surface area contributed by atoms with E-state index in [4.69, 9.17) is 4.98 Å². The molecule has 138 valence electrons. The van der Waals surface area contributed by atoms with Gasteiger partial charge < -0.3 is 4.90 Å². The van der Waals surface area contributed by atoms with E-state index in [2.05, 4.69) is 4.98 Å². The van der Waals surface area contributed by atoms with E-state index in [1.165, 1.54) is 0 Å². The van der Waals surface area contributed by atoms with Gasteiger partial charge in [-0.1, -0.05) is 6.07 Å². The minimum absolute atomic E-state index is 0.0607. The highest BCUT2D eigenvalue weighted by Crippen LogP contribution is 2.35. The molecule has 2 atom stereocenters. The standard InChI is InChI=1S/C18H21N3O3S2/c1-21(13-7-9-26(23,24)11-13)18(22)12-5-6-14-16(10-12)25-17(20-14)15-4-2-3-8-19-15/h2-4,8,12-13H,5-7,9-11H2,1H3. The first-order chi connectivity index (χ1) is 12.4. The molecule has 2 aromatic rings. The van der Waals surface area contributed by atoms with Crippen molar-refractivity contribution in [3.8, 4) is 10.7 Å². The number of pyridine rings is 1. The number of fused-ring (bicyclic) bond motifs is 1. The summed E-state index contributed by atoms with van der Waals surface area (Å²) >= 11 is 1.61. The van der Waals surface area contributed by atoms with Gasteiger partial charge in [0.2, 0.25) is 5.91 Å². The van der Waals surface area contributed by atoms with Crippen molar-refractivity contribution in [2.75, 3.05) is 18.6 Å². The fourth-order valence-corrected chi connectivity index (χ4v) is 6.67. The fourth-order valence-electron chi connectivity index (χ4n) is 3.73. The molecule has 2 unspecified atom stereocenters. The lowest BCUT2D eigenvalue weighted by Crippen LogP contribution is -2.42. The number of amides is 1. The second kappa shape index (κ2) is 6.74. The molecule has 0 aromatic carbocycles. The number of nitrogens with zero attached hydrogens (tertiary/aromatic N) is 3. The average molecular weight is 392 g/mol. The minimum Gasteiger partial charge on any atom is -0.341 e. The maximum Gasteiger partial charge on any atom is 0.226 e. The van der Waals surface area contributed by atoms with E-state index in [1.54, 1.807) is 29.5 Å². The third-order valence-corrected chi connectivity index (χ3v) is 8.17. The van der Waals surface area contributed by atoms with Crippen LogP contribution in [0.5, 0.6) is 0 Å². The molecule has 1 amide bonds. The molecule has 0 bridgehead atoms. The molecule has 0 saturated carbocycles. The highest BCUT2D eigenvalue weighted by atomic mass is 32.2. The average Bonchev–Trinajstić information content (AvgIpc) is 3.23. The Morgan fingerprint density at radius 1 is 1.31 bits per heavy atom. The van der Waals surface area contributed by atoms with Gasteiger partial charge in [-0.05, 0) is 37.8 Å².